The van der Waals surface area contributed by atoms with E-state index in [1.54, 1.807) is 6.92 Å². The van der Waals surface area contributed by atoms with Crippen LogP contribution in [0.2, 0.25) is 0 Å². The van der Waals surface area contributed by atoms with Crippen LogP contribution in [0.1, 0.15) is 17.5 Å². The van der Waals surface area contributed by atoms with E-state index >= 15 is 0 Å². The van der Waals surface area contributed by atoms with Crippen molar-refractivity contribution >= 4 is 128 Å². The third-order valence-electron chi connectivity index (χ3n) is 9.70. The normalized spacial score (nSPS) is 13.6. The molecular formula is C37H31N9O20S7. The van der Waals surface area contributed by atoms with E-state index in [4.69, 9.17) is 4.74 Å². The summed E-state index contributed by atoms with van der Waals surface area (Å²) in [5, 5.41) is 49.2. The number of ether oxygens (including phenoxy) is 1. The SMILES string of the molecule is Cc1cc(N=Nc2ccc3c(S(=O)(=O)O)c(N=Nc4cnn(-c5cc(S(=O)(=O)O)cc(S(=O)(=O)O)c5)c4O)ccc3c2O)c(OCCCS(=O)(=O)O)cc1N=Nc1nc2c(S(=O)(=O)O)cc(CS(=O)O)cc2s1. The van der Waals surface area contributed by atoms with Crippen LogP contribution < -0.4 is 4.74 Å². The summed E-state index contributed by atoms with van der Waals surface area (Å²) in [5.41, 5.74) is -1.64. The van der Waals surface area contributed by atoms with Gasteiger partial charge in [-0.2, -0.15) is 51.9 Å². The van der Waals surface area contributed by atoms with Crippen LogP contribution in [0.25, 0.3) is 26.7 Å². The molecule has 0 saturated heterocycles. The molecule has 73 heavy (non-hydrogen) atoms. The Balaban J connectivity index is 1.22. The molecule has 2 heterocycles. The van der Waals surface area contributed by atoms with Gasteiger partial charge in [-0.15, -0.1) is 30.7 Å². The first kappa shape index (κ1) is 54.1. The van der Waals surface area contributed by atoms with Gasteiger partial charge in [-0.1, -0.05) is 17.4 Å². The Labute approximate surface area is 417 Å². The number of nitrogens with zero attached hydrogens (tertiary/aromatic N) is 9. The summed E-state index contributed by atoms with van der Waals surface area (Å²) < 4.78 is 195. The molecule has 0 aliphatic rings. The van der Waals surface area contributed by atoms with Crippen LogP contribution in [0, 0.1) is 6.92 Å². The molecule has 0 radical (unpaired) electrons. The van der Waals surface area contributed by atoms with Gasteiger partial charge in [0.15, 0.2) is 22.5 Å². The lowest BCUT2D eigenvalue weighted by Gasteiger charge is -2.11. The number of aromatic nitrogens is 3. The highest BCUT2D eigenvalue weighted by atomic mass is 32.2. The second kappa shape index (κ2) is 20.3. The summed E-state index contributed by atoms with van der Waals surface area (Å²) >= 11 is -1.53. The Morgan fingerprint density at radius 1 is 0.671 bits per heavy atom. The number of thiazole rings is 1. The molecule has 7 rings (SSSR count). The molecule has 29 nitrogen and oxygen atoms in total. The Bertz CT molecular complexity index is 4070. The zero-order chi connectivity index (χ0) is 53.6. The van der Waals surface area contributed by atoms with E-state index < -0.39 is 121 Å². The van der Waals surface area contributed by atoms with Gasteiger partial charge in [0.1, 0.15) is 38.1 Å². The van der Waals surface area contributed by atoms with Gasteiger partial charge in [-0.3, -0.25) is 22.8 Å². The molecule has 0 saturated carbocycles. The van der Waals surface area contributed by atoms with Crippen molar-refractivity contribution in [3.8, 4) is 23.1 Å². The minimum absolute atomic E-state index is 0.0552. The molecule has 0 aliphatic carbocycles. The standard InChI is InChI=1S/C37H31N9O20S7/c1-18-9-28(30(66-7-2-8-69(51,52)53)15-27(18)42-45-37-39-33-31(67-37)10-19(17-68(49)50)11-32(33)72(60,61)62)43-40-25-5-4-24-23(34(25)47)3-6-26(35(24)73(63,64)65)41-44-29-16-38-46(36(29)48)20-12-21(70(54,55)56)14-22(13-20)71(57,58)59/h3-6,9-16,47-48H,2,7-8,17H2,1H3,(H,49,50)(H,51,52,53)(H,54,55,56)(H,57,58,59)(H,60,61,62)(H,63,64,65). The molecule has 2 aromatic heterocycles. The quantitative estimate of drug-likeness (QED) is 0.0186. The van der Waals surface area contributed by atoms with Crippen LogP contribution >= 0.6 is 11.3 Å². The number of azo groups is 3. The van der Waals surface area contributed by atoms with Crippen LogP contribution in [0.3, 0.4) is 0 Å². The van der Waals surface area contributed by atoms with Crippen molar-refractivity contribution in [2.45, 2.75) is 38.7 Å². The maximum absolute atomic E-state index is 12.8. The van der Waals surface area contributed by atoms with Gasteiger partial charge in [0.2, 0.25) is 11.0 Å². The van der Waals surface area contributed by atoms with E-state index in [-0.39, 0.29) is 67.5 Å². The maximum Gasteiger partial charge on any atom is 0.297 e. The zero-order valence-corrected chi connectivity index (χ0v) is 41.8. The van der Waals surface area contributed by atoms with E-state index in [1.807, 2.05) is 0 Å². The number of hydrogen-bond donors (Lipinski definition) is 8. The van der Waals surface area contributed by atoms with Crippen molar-refractivity contribution in [2.75, 3.05) is 12.4 Å². The highest BCUT2D eigenvalue weighted by molar-refractivity contribution is 7.87. The number of benzene rings is 5. The summed E-state index contributed by atoms with van der Waals surface area (Å²) in [6.07, 6.45) is 0.606. The number of hydrogen-bond acceptors (Lipinski definition) is 23. The van der Waals surface area contributed by atoms with E-state index in [0.29, 0.717) is 28.4 Å². The van der Waals surface area contributed by atoms with E-state index in [0.717, 1.165) is 47.9 Å². The molecule has 0 aliphatic heterocycles. The van der Waals surface area contributed by atoms with Crippen molar-refractivity contribution in [2.24, 2.45) is 30.7 Å². The third kappa shape index (κ3) is 12.8. The van der Waals surface area contributed by atoms with Crippen molar-refractivity contribution in [3.05, 3.63) is 84.1 Å². The Morgan fingerprint density at radius 3 is 1.89 bits per heavy atom. The fourth-order valence-corrected chi connectivity index (χ4v) is 11.1. The van der Waals surface area contributed by atoms with E-state index in [9.17, 15) is 83.8 Å². The lowest BCUT2D eigenvalue weighted by atomic mass is 10.1. The summed E-state index contributed by atoms with van der Waals surface area (Å²) in [6.45, 7) is 1.23. The van der Waals surface area contributed by atoms with Crippen molar-refractivity contribution in [3.63, 3.8) is 0 Å². The van der Waals surface area contributed by atoms with Gasteiger partial charge >= 0.3 is 0 Å². The third-order valence-corrected chi connectivity index (χ3v) is 15.4. The monoisotopic (exact) mass is 1140 g/mol. The van der Waals surface area contributed by atoms with Crippen molar-refractivity contribution in [1.82, 2.24) is 14.8 Å². The fourth-order valence-electron chi connectivity index (χ4n) is 6.55. The van der Waals surface area contributed by atoms with Crippen LogP contribution in [-0.4, -0.2) is 111 Å². The van der Waals surface area contributed by atoms with Gasteiger partial charge in [-0.05, 0) is 79.1 Å². The molecule has 36 heteroatoms. The van der Waals surface area contributed by atoms with Gasteiger partial charge in [0.25, 0.3) is 50.6 Å². The Hall–Kier alpha value is -6.68. The number of aromatic hydroxyl groups is 2. The van der Waals surface area contributed by atoms with Crippen LogP contribution in [0.5, 0.6) is 17.4 Å². The number of phenols is 1. The molecule has 7 aromatic rings. The second-order valence-corrected chi connectivity index (χ2v) is 24.0. The topological polar surface area (TPSA) is 464 Å². The van der Waals surface area contributed by atoms with E-state index in [1.165, 1.54) is 18.2 Å². The smallest absolute Gasteiger partial charge is 0.297 e. The van der Waals surface area contributed by atoms with Gasteiger partial charge in [-0.25, -0.2) is 9.19 Å². The van der Waals surface area contributed by atoms with Gasteiger partial charge < -0.3 is 19.5 Å². The van der Waals surface area contributed by atoms with Crippen LogP contribution in [0.15, 0.2) is 123 Å². The Morgan fingerprint density at radius 2 is 1.27 bits per heavy atom. The number of phenolic OH excluding ortho intramolecular Hbond substituents is 1. The first-order valence-electron chi connectivity index (χ1n) is 19.5. The van der Waals surface area contributed by atoms with Crippen molar-refractivity contribution in [1.29, 1.82) is 0 Å². The first-order chi connectivity index (χ1) is 33.9. The highest BCUT2D eigenvalue weighted by Crippen LogP contribution is 2.44. The molecule has 1 atom stereocenters. The summed E-state index contributed by atoms with van der Waals surface area (Å²) in [7, 11) is -24.6. The molecule has 8 N–H and O–H groups in total. The summed E-state index contributed by atoms with van der Waals surface area (Å²) in [4.78, 5) is 0.559. The molecule has 0 amide bonds. The van der Waals surface area contributed by atoms with E-state index in [2.05, 4.69) is 40.8 Å². The molecular weight excluding hydrogens is 1110 g/mol. The highest BCUT2D eigenvalue weighted by Gasteiger charge is 2.25. The minimum Gasteiger partial charge on any atom is -0.505 e. The average molecular weight is 1150 g/mol. The average Bonchev–Trinajstić information content (AvgIpc) is 3.86. The molecule has 1 unspecified atom stereocenters. The lowest BCUT2D eigenvalue weighted by molar-refractivity contribution is 0.317. The first-order valence-corrected chi connectivity index (χ1v) is 28.9. The van der Waals surface area contributed by atoms with Gasteiger partial charge in [0, 0.05) is 16.8 Å². The summed E-state index contributed by atoms with van der Waals surface area (Å²) in [5.74, 6) is -2.88. The second-order valence-electron chi connectivity index (χ2n) is 14.9. The number of rotatable bonds is 18. The number of fused-ring (bicyclic) bond motifs is 2. The lowest BCUT2D eigenvalue weighted by Crippen LogP contribution is -2.08. The summed E-state index contributed by atoms with van der Waals surface area (Å²) in [6, 6.07) is 11.2. The largest absolute Gasteiger partial charge is 0.505 e. The van der Waals surface area contributed by atoms with Gasteiger partial charge in [0.05, 0.1) is 50.2 Å². The molecule has 0 bridgehead atoms. The predicted octanol–water partition coefficient (Wildman–Crippen LogP) is 6.97. The predicted molar refractivity (Wildman–Crippen MR) is 254 cm³/mol. The minimum atomic E-state index is -5.22. The molecule has 5 aromatic carbocycles. The Kier molecular flexibility index (Phi) is 15.1. The number of aryl methyl sites for hydroxylation is 1. The van der Waals surface area contributed by atoms with Crippen LogP contribution in [0.4, 0.5) is 33.6 Å². The van der Waals surface area contributed by atoms with Crippen molar-refractivity contribution < 1.29 is 88.6 Å². The molecule has 0 spiro atoms. The maximum atomic E-state index is 12.8. The zero-order valence-electron chi connectivity index (χ0n) is 36.1. The fraction of sp³-hybridized carbons (Fsp3) is 0.135. The molecule has 386 valence electrons. The van der Waals surface area contributed by atoms with Crippen LogP contribution in [-0.2, 0) is 67.4 Å². The molecule has 0 fully saturated rings.